The second-order valence-corrected chi connectivity index (χ2v) is 10.7. The first-order chi connectivity index (χ1) is 14.1. The van der Waals surface area contributed by atoms with E-state index in [1.165, 1.54) is 0 Å². The predicted octanol–water partition coefficient (Wildman–Crippen LogP) is 4.52. The van der Waals surface area contributed by atoms with Crippen LogP contribution in [0.2, 0.25) is 10.0 Å². The minimum atomic E-state index is -3.86. The van der Waals surface area contributed by atoms with Crippen molar-refractivity contribution < 1.29 is 26.9 Å². The number of benzene rings is 1. The monoisotopic (exact) mass is 474 g/mol. The first kappa shape index (κ1) is 22.1. The largest absolute Gasteiger partial charge is 0.386 e. The molecule has 0 bridgehead atoms. The zero-order valence-electron chi connectivity index (χ0n) is 16.9. The minimum Gasteiger partial charge on any atom is -0.386 e. The molecule has 9 heteroatoms. The van der Waals surface area contributed by atoms with E-state index in [2.05, 4.69) is 0 Å². The van der Waals surface area contributed by atoms with Crippen LogP contribution in [0.25, 0.3) is 5.57 Å². The van der Waals surface area contributed by atoms with Crippen molar-refractivity contribution in [3.63, 3.8) is 0 Å². The van der Waals surface area contributed by atoms with Gasteiger partial charge in [0.25, 0.3) is 0 Å². The van der Waals surface area contributed by atoms with Crippen molar-refractivity contribution in [1.82, 2.24) is 0 Å². The Morgan fingerprint density at radius 2 is 1.73 bits per heavy atom. The highest BCUT2D eigenvalue weighted by Gasteiger charge is 2.55. The van der Waals surface area contributed by atoms with E-state index < -0.39 is 21.3 Å². The van der Waals surface area contributed by atoms with E-state index in [-0.39, 0.29) is 23.5 Å². The molecule has 2 fully saturated rings. The number of rotatable bonds is 4. The molecule has 0 atom stereocenters. The summed E-state index contributed by atoms with van der Waals surface area (Å²) in [4.78, 5) is 13.3. The molecule has 0 aromatic heterocycles. The van der Waals surface area contributed by atoms with Gasteiger partial charge < -0.3 is 13.7 Å². The zero-order valence-corrected chi connectivity index (χ0v) is 19.3. The van der Waals surface area contributed by atoms with Gasteiger partial charge in [-0.05, 0) is 37.0 Å². The number of ketones is 1. The Labute approximate surface area is 186 Å². The summed E-state index contributed by atoms with van der Waals surface area (Å²) in [6.45, 7) is 3.01. The lowest BCUT2D eigenvalue weighted by molar-refractivity contribution is -0.190. The van der Waals surface area contributed by atoms with Crippen molar-refractivity contribution in [3.8, 4) is 0 Å². The molecule has 1 aromatic carbocycles. The second kappa shape index (κ2) is 7.78. The minimum absolute atomic E-state index is 0.170. The summed E-state index contributed by atoms with van der Waals surface area (Å²) in [5.41, 5.74) is 0.822. The normalized spacial score (nSPS) is 23.0. The van der Waals surface area contributed by atoms with E-state index in [4.69, 9.17) is 36.9 Å². The molecule has 30 heavy (non-hydrogen) atoms. The molecule has 0 unspecified atom stereocenters. The van der Waals surface area contributed by atoms with Gasteiger partial charge in [-0.2, -0.15) is 8.42 Å². The molecule has 1 saturated heterocycles. The average Bonchev–Trinajstić information content (AvgIpc) is 3.21. The number of ether oxygens (including phenoxy) is 2. The van der Waals surface area contributed by atoms with Gasteiger partial charge in [0, 0.05) is 35.3 Å². The molecular formula is C21H24Cl2O6S. The lowest BCUT2D eigenvalue weighted by Crippen LogP contribution is -2.40. The lowest BCUT2D eigenvalue weighted by atomic mass is 9.70. The Hall–Kier alpha value is -1.12. The number of allylic oxidation sites excluding steroid dienone is 2. The molecule has 164 valence electrons. The van der Waals surface area contributed by atoms with Crippen LogP contribution in [0, 0.1) is 5.41 Å². The van der Waals surface area contributed by atoms with E-state index in [1.54, 1.807) is 12.1 Å². The lowest BCUT2D eigenvalue weighted by Gasteiger charge is -2.41. The third kappa shape index (κ3) is 3.91. The van der Waals surface area contributed by atoms with Crippen molar-refractivity contribution in [2.45, 2.75) is 51.2 Å². The van der Waals surface area contributed by atoms with E-state index in [0.717, 1.165) is 11.8 Å². The molecule has 2 spiro atoms. The smallest absolute Gasteiger partial charge is 0.305 e. The summed E-state index contributed by atoms with van der Waals surface area (Å²) in [6, 6.07) is 3.32. The Bertz CT molecular complexity index is 1010. The fraction of sp³-hybridized carbons (Fsp3) is 0.571. The predicted molar refractivity (Wildman–Crippen MR) is 114 cm³/mol. The second-order valence-electron chi connectivity index (χ2n) is 8.25. The molecule has 3 aliphatic rings. The number of carbonyl (C=O) groups excluding carboxylic acids is 1. The molecule has 0 amide bonds. The Balaban J connectivity index is 1.85. The van der Waals surface area contributed by atoms with Crippen molar-refractivity contribution in [2.24, 2.45) is 5.41 Å². The van der Waals surface area contributed by atoms with Gasteiger partial charge in [-0.1, -0.05) is 30.1 Å². The molecule has 1 aromatic rings. The highest BCUT2D eigenvalue weighted by atomic mass is 35.5. The van der Waals surface area contributed by atoms with E-state index in [1.807, 2.05) is 6.92 Å². The molecule has 1 saturated carbocycles. The van der Waals surface area contributed by atoms with Gasteiger partial charge in [-0.3, -0.25) is 4.79 Å². The third-order valence-corrected chi connectivity index (χ3v) is 7.26. The SMILES string of the molecule is CCc1cc(Cl)cc(Cl)c1C1=C(OS(C)(=O)=O)C2(CCC3(CC2)OCCO3)CC1=O. The van der Waals surface area contributed by atoms with Crippen molar-refractivity contribution >= 4 is 44.7 Å². The molecule has 4 rings (SSSR count). The number of aryl methyl sites for hydroxylation is 1. The average molecular weight is 475 g/mol. The van der Waals surface area contributed by atoms with Crippen LogP contribution in [0.15, 0.2) is 17.9 Å². The van der Waals surface area contributed by atoms with Gasteiger partial charge in [-0.25, -0.2) is 0 Å². The van der Waals surface area contributed by atoms with Crippen molar-refractivity contribution in [3.05, 3.63) is 39.1 Å². The van der Waals surface area contributed by atoms with E-state index in [9.17, 15) is 13.2 Å². The van der Waals surface area contributed by atoms with Gasteiger partial charge in [0.05, 0.1) is 30.1 Å². The van der Waals surface area contributed by atoms with Crippen LogP contribution < -0.4 is 0 Å². The maximum atomic E-state index is 13.3. The van der Waals surface area contributed by atoms with E-state index >= 15 is 0 Å². The summed E-state index contributed by atoms with van der Waals surface area (Å²) in [7, 11) is -3.86. The van der Waals surface area contributed by atoms with E-state index in [0.29, 0.717) is 60.9 Å². The zero-order chi connectivity index (χ0) is 21.7. The van der Waals surface area contributed by atoms with Gasteiger partial charge >= 0.3 is 10.1 Å². The van der Waals surface area contributed by atoms with Crippen LogP contribution in [0.4, 0.5) is 0 Å². The van der Waals surface area contributed by atoms with Gasteiger partial charge in [-0.15, -0.1) is 0 Å². The highest BCUT2D eigenvalue weighted by molar-refractivity contribution is 7.86. The first-order valence-corrected chi connectivity index (χ1v) is 12.6. The van der Waals surface area contributed by atoms with Crippen LogP contribution in [0.5, 0.6) is 0 Å². The third-order valence-electron chi connectivity index (χ3n) is 6.27. The summed E-state index contributed by atoms with van der Waals surface area (Å²) in [6.07, 6.45) is 3.94. The molecule has 6 nitrogen and oxygen atoms in total. The molecule has 2 aliphatic carbocycles. The van der Waals surface area contributed by atoms with Crippen LogP contribution in [-0.4, -0.2) is 39.5 Å². The quantitative estimate of drug-likeness (QED) is 0.596. The van der Waals surface area contributed by atoms with Crippen LogP contribution >= 0.6 is 23.2 Å². The molecule has 1 heterocycles. The fourth-order valence-corrected chi connectivity index (χ4v) is 6.08. The highest BCUT2D eigenvalue weighted by Crippen LogP contribution is 2.57. The summed E-state index contributed by atoms with van der Waals surface area (Å²) < 4.78 is 41.5. The Kier molecular flexibility index (Phi) is 5.73. The van der Waals surface area contributed by atoms with Crippen molar-refractivity contribution in [1.29, 1.82) is 0 Å². The molecule has 0 radical (unpaired) electrons. The molecular weight excluding hydrogens is 451 g/mol. The van der Waals surface area contributed by atoms with Crippen molar-refractivity contribution in [2.75, 3.05) is 19.5 Å². The first-order valence-electron chi connectivity index (χ1n) is 10.0. The number of carbonyl (C=O) groups is 1. The molecule has 0 N–H and O–H groups in total. The summed E-state index contributed by atoms with van der Waals surface area (Å²) in [5.74, 6) is -0.613. The van der Waals surface area contributed by atoms with Gasteiger partial charge in [0.1, 0.15) is 5.76 Å². The number of hydrogen-bond acceptors (Lipinski definition) is 6. The topological polar surface area (TPSA) is 78.9 Å². The Morgan fingerprint density at radius 3 is 2.30 bits per heavy atom. The van der Waals surface area contributed by atoms with Gasteiger partial charge in [0.15, 0.2) is 11.6 Å². The summed E-state index contributed by atoms with van der Waals surface area (Å²) >= 11 is 12.7. The maximum absolute atomic E-state index is 13.3. The summed E-state index contributed by atoms with van der Waals surface area (Å²) in [5, 5.41) is 0.770. The van der Waals surface area contributed by atoms with Gasteiger partial charge in [0.2, 0.25) is 0 Å². The maximum Gasteiger partial charge on any atom is 0.305 e. The van der Waals surface area contributed by atoms with Crippen LogP contribution in [0.1, 0.15) is 50.2 Å². The standard InChI is InChI=1S/C21H24Cl2O6S/c1-3-13-10-14(22)11-15(23)17(13)18-16(24)12-20(19(18)29-30(2,25)26)4-6-21(7-5-20)27-8-9-28-21/h10-11H,3-9,12H2,1-2H3. The number of hydrogen-bond donors (Lipinski definition) is 0. The Morgan fingerprint density at radius 1 is 1.10 bits per heavy atom. The van der Waals surface area contributed by atoms with Crippen LogP contribution in [-0.2, 0) is 35.0 Å². The number of halogens is 2. The molecule has 1 aliphatic heterocycles. The van der Waals surface area contributed by atoms with Crippen LogP contribution in [0.3, 0.4) is 0 Å². The fourth-order valence-electron chi connectivity index (χ4n) is 4.89. The number of Topliss-reactive ketones (excluding diaryl/α,β-unsaturated/α-hetero) is 1.